The van der Waals surface area contributed by atoms with Gasteiger partial charge in [0.15, 0.2) is 0 Å². The highest BCUT2D eigenvalue weighted by molar-refractivity contribution is 6.42. The predicted octanol–water partition coefficient (Wildman–Crippen LogP) is 2.38. The number of carbonyl (C=O) groups excluding carboxylic acids is 1. The number of aliphatic hydroxyl groups is 1. The molecule has 0 unspecified atom stereocenters. The van der Waals surface area contributed by atoms with E-state index in [-0.39, 0.29) is 24.5 Å². The van der Waals surface area contributed by atoms with Crippen LogP contribution in [0.5, 0.6) is 0 Å². The summed E-state index contributed by atoms with van der Waals surface area (Å²) in [7, 11) is 0. The first-order chi connectivity index (χ1) is 13.0. The molecule has 1 saturated heterocycles. The van der Waals surface area contributed by atoms with E-state index in [2.05, 4.69) is 14.5 Å². The number of fused-ring (bicyclic) bond motifs is 1. The van der Waals surface area contributed by atoms with Crippen LogP contribution in [0.25, 0.3) is 0 Å². The van der Waals surface area contributed by atoms with Crippen LogP contribution in [-0.2, 0) is 17.8 Å². The van der Waals surface area contributed by atoms with Crippen LogP contribution < -0.4 is 0 Å². The molecular weight excluding hydrogens is 387 g/mol. The summed E-state index contributed by atoms with van der Waals surface area (Å²) in [5, 5.41) is 10.8. The number of aromatic nitrogens is 2. The van der Waals surface area contributed by atoms with Crippen LogP contribution in [0.3, 0.4) is 0 Å². The quantitative estimate of drug-likeness (QED) is 0.843. The number of halogens is 2. The predicted molar refractivity (Wildman–Crippen MR) is 104 cm³/mol. The molecule has 4 rings (SSSR count). The van der Waals surface area contributed by atoms with E-state index < -0.39 is 0 Å². The van der Waals surface area contributed by atoms with Gasteiger partial charge in [0.05, 0.1) is 22.6 Å². The van der Waals surface area contributed by atoms with E-state index in [4.69, 9.17) is 23.2 Å². The van der Waals surface area contributed by atoms with Crippen molar-refractivity contribution in [3.05, 3.63) is 52.0 Å². The summed E-state index contributed by atoms with van der Waals surface area (Å²) < 4.78 is 2.11. The second-order valence-corrected chi connectivity index (χ2v) is 8.02. The van der Waals surface area contributed by atoms with Crippen molar-refractivity contribution in [2.45, 2.75) is 31.5 Å². The highest BCUT2D eigenvalue weighted by Crippen LogP contribution is 2.28. The van der Waals surface area contributed by atoms with Crippen LogP contribution in [0.1, 0.15) is 23.9 Å². The molecule has 1 aromatic carbocycles. The van der Waals surface area contributed by atoms with E-state index in [1.807, 2.05) is 17.2 Å². The Morgan fingerprint density at radius 3 is 2.81 bits per heavy atom. The number of rotatable bonds is 4. The molecule has 1 N–H and O–H groups in total. The average Bonchev–Trinajstić information content (AvgIpc) is 3.27. The van der Waals surface area contributed by atoms with Gasteiger partial charge in [-0.1, -0.05) is 29.3 Å². The SMILES string of the molecule is O=C(Cc1ccc(Cl)c(Cl)c1)N1CCn2ccnc2[C@H]1CN1CC[C@@H](O)C1. The van der Waals surface area contributed by atoms with Crippen LogP contribution >= 0.6 is 23.2 Å². The summed E-state index contributed by atoms with van der Waals surface area (Å²) in [6.45, 7) is 3.55. The Hall–Kier alpha value is -1.60. The third-order valence-corrected chi connectivity index (χ3v) is 6.08. The third kappa shape index (κ3) is 3.99. The van der Waals surface area contributed by atoms with E-state index in [0.29, 0.717) is 29.7 Å². The summed E-state index contributed by atoms with van der Waals surface area (Å²) >= 11 is 12.1. The Labute approximate surface area is 168 Å². The zero-order chi connectivity index (χ0) is 19.0. The van der Waals surface area contributed by atoms with Gasteiger partial charge in [0.25, 0.3) is 0 Å². The summed E-state index contributed by atoms with van der Waals surface area (Å²) in [6, 6.07) is 5.19. The highest BCUT2D eigenvalue weighted by Gasteiger charge is 2.34. The molecule has 8 heteroatoms. The molecular formula is C19H22Cl2N4O2. The molecule has 2 aromatic rings. The molecule has 0 saturated carbocycles. The second kappa shape index (κ2) is 7.80. The van der Waals surface area contributed by atoms with E-state index in [1.165, 1.54) is 0 Å². The first-order valence-corrected chi connectivity index (χ1v) is 9.91. The lowest BCUT2D eigenvalue weighted by Crippen LogP contribution is -2.47. The maximum absolute atomic E-state index is 13.1. The Kier molecular flexibility index (Phi) is 5.41. The summed E-state index contributed by atoms with van der Waals surface area (Å²) in [6.07, 6.45) is 4.51. The molecule has 2 atom stereocenters. The van der Waals surface area contributed by atoms with E-state index >= 15 is 0 Å². The number of imidazole rings is 1. The van der Waals surface area contributed by atoms with Gasteiger partial charge in [0, 0.05) is 45.1 Å². The maximum Gasteiger partial charge on any atom is 0.227 e. The number of benzene rings is 1. The number of carbonyl (C=O) groups is 1. The van der Waals surface area contributed by atoms with Gasteiger partial charge in [-0.25, -0.2) is 4.98 Å². The van der Waals surface area contributed by atoms with Crippen molar-refractivity contribution >= 4 is 29.1 Å². The molecule has 2 aliphatic heterocycles. The van der Waals surface area contributed by atoms with Gasteiger partial charge in [-0.3, -0.25) is 9.69 Å². The monoisotopic (exact) mass is 408 g/mol. The normalized spacial score (nSPS) is 22.9. The number of aliphatic hydroxyl groups excluding tert-OH is 1. The van der Waals surface area contributed by atoms with Crippen LogP contribution in [0.4, 0.5) is 0 Å². The van der Waals surface area contributed by atoms with Gasteiger partial charge in [-0.05, 0) is 24.1 Å². The number of hydrogen-bond donors (Lipinski definition) is 1. The van der Waals surface area contributed by atoms with Gasteiger partial charge in [0.2, 0.25) is 5.91 Å². The molecule has 0 radical (unpaired) electrons. The summed E-state index contributed by atoms with van der Waals surface area (Å²) in [4.78, 5) is 21.7. The van der Waals surface area contributed by atoms with Crippen LogP contribution in [-0.4, -0.2) is 62.6 Å². The Balaban J connectivity index is 1.53. The Morgan fingerprint density at radius 1 is 1.22 bits per heavy atom. The zero-order valence-corrected chi connectivity index (χ0v) is 16.4. The van der Waals surface area contributed by atoms with Gasteiger partial charge in [0.1, 0.15) is 11.9 Å². The van der Waals surface area contributed by atoms with E-state index in [9.17, 15) is 9.90 Å². The van der Waals surface area contributed by atoms with Crippen LogP contribution in [0.2, 0.25) is 10.0 Å². The van der Waals surface area contributed by atoms with Crippen molar-refractivity contribution < 1.29 is 9.90 Å². The number of nitrogens with zero attached hydrogens (tertiary/aromatic N) is 4. The van der Waals surface area contributed by atoms with Gasteiger partial charge in [-0.2, -0.15) is 0 Å². The number of amides is 1. The van der Waals surface area contributed by atoms with Gasteiger partial charge < -0.3 is 14.6 Å². The lowest BCUT2D eigenvalue weighted by molar-refractivity contribution is -0.134. The van der Waals surface area contributed by atoms with Crippen molar-refractivity contribution in [3.63, 3.8) is 0 Å². The summed E-state index contributed by atoms with van der Waals surface area (Å²) in [5.74, 6) is 0.956. The third-order valence-electron chi connectivity index (χ3n) is 5.34. The molecule has 1 aromatic heterocycles. The Bertz CT molecular complexity index is 841. The number of likely N-dealkylation sites (tertiary alicyclic amines) is 1. The molecule has 144 valence electrons. The molecule has 27 heavy (non-hydrogen) atoms. The van der Waals surface area contributed by atoms with Gasteiger partial charge in [-0.15, -0.1) is 0 Å². The fourth-order valence-corrected chi connectivity index (χ4v) is 4.27. The van der Waals surface area contributed by atoms with Crippen LogP contribution in [0.15, 0.2) is 30.6 Å². The lowest BCUT2D eigenvalue weighted by Gasteiger charge is -2.38. The zero-order valence-electron chi connectivity index (χ0n) is 14.9. The topological polar surface area (TPSA) is 61.6 Å². The first kappa shape index (κ1) is 18.7. The van der Waals surface area contributed by atoms with Crippen LogP contribution in [0, 0.1) is 0 Å². The first-order valence-electron chi connectivity index (χ1n) is 9.16. The van der Waals surface area contributed by atoms with Gasteiger partial charge >= 0.3 is 0 Å². The largest absolute Gasteiger partial charge is 0.392 e. The van der Waals surface area contributed by atoms with Crippen molar-refractivity contribution in [3.8, 4) is 0 Å². The molecule has 3 heterocycles. The second-order valence-electron chi connectivity index (χ2n) is 7.21. The molecule has 1 fully saturated rings. The fourth-order valence-electron chi connectivity index (χ4n) is 3.95. The van der Waals surface area contributed by atoms with Crippen molar-refractivity contribution in [1.82, 2.24) is 19.4 Å². The minimum atomic E-state index is -0.284. The molecule has 1 amide bonds. The van der Waals surface area contributed by atoms with E-state index in [0.717, 1.165) is 30.9 Å². The average molecular weight is 409 g/mol. The highest BCUT2D eigenvalue weighted by atomic mass is 35.5. The fraction of sp³-hybridized carbons (Fsp3) is 0.474. The molecule has 6 nitrogen and oxygen atoms in total. The molecule has 0 aliphatic carbocycles. The minimum Gasteiger partial charge on any atom is -0.392 e. The molecule has 2 aliphatic rings. The smallest absolute Gasteiger partial charge is 0.227 e. The summed E-state index contributed by atoms with van der Waals surface area (Å²) in [5.41, 5.74) is 0.846. The van der Waals surface area contributed by atoms with Crippen molar-refractivity contribution in [1.29, 1.82) is 0 Å². The standard InChI is InChI=1S/C19H22Cl2N4O2/c20-15-2-1-13(9-16(15)21)10-18(27)25-8-7-24-6-4-22-19(24)17(25)12-23-5-3-14(26)11-23/h1-2,4,6,9,14,17,26H,3,5,7-8,10-12H2/t14-,17-/m1/s1. The van der Waals surface area contributed by atoms with E-state index in [1.54, 1.807) is 18.3 Å². The number of β-amino-alcohol motifs (C(OH)–C–C–N with tert-alkyl or cyclic N) is 1. The maximum atomic E-state index is 13.1. The molecule has 0 spiro atoms. The Morgan fingerprint density at radius 2 is 2.07 bits per heavy atom. The van der Waals surface area contributed by atoms with Crippen molar-refractivity contribution in [2.24, 2.45) is 0 Å². The lowest BCUT2D eigenvalue weighted by atomic mass is 10.1. The number of hydrogen-bond acceptors (Lipinski definition) is 4. The molecule has 0 bridgehead atoms. The minimum absolute atomic E-state index is 0.0485. The van der Waals surface area contributed by atoms with Crippen molar-refractivity contribution in [2.75, 3.05) is 26.2 Å².